The maximum Gasteiger partial charge on any atom is 0.411 e. The maximum atomic E-state index is 11.6. The second-order valence-corrected chi connectivity index (χ2v) is 5.48. The molecule has 1 aromatic rings. The van der Waals surface area contributed by atoms with Gasteiger partial charge in [0.05, 0.1) is 11.8 Å². The van der Waals surface area contributed by atoms with Gasteiger partial charge in [0.1, 0.15) is 6.61 Å². The third kappa shape index (κ3) is 4.79. The highest BCUT2D eigenvalue weighted by Crippen LogP contribution is 2.18. The second kappa shape index (κ2) is 7.73. The van der Waals surface area contributed by atoms with E-state index < -0.39 is 6.09 Å². The first-order valence-electron chi connectivity index (χ1n) is 7.43. The molecule has 0 aromatic heterocycles. The van der Waals surface area contributed by atoms with Crippen molar-refractivity contribution in [1.82, 2.24) is 5.43 Å². The lowest BCUT2D eigenvalue weighted by Gasteiger charge is -2.19. The molecule has 2 unspecified atom stereocenters. The van der Waals surface area contributed by atoms with Crippen molar-refractivity contribution in [2.45, 2.75) is 26.4 Å². The summed E-state index contributed by atoms with van der Waals surface area (Å²) in [4.78, 5) is 22.9. The Morgan fingerprint density at radius 1 is 1.43 bits per heavy atom. The van der Waals surface area contributed by atoms with Gasteiger partial charge >= 0.3 is 6.09 Å². The first kappa shape index (κ1) is 17.0. The van der Waals surface area contributed by atoms with Crippen molar-refractivity contribution >= 4 is 23.4 Å². The summed E-state index contributed by atoms with van der Waals surface area (Å²) in [5, 5.41) is 6.75. The van der Waals surface area contributed by atoms with Crippen LogP contribution in [0.2, 0.25) is 0 Å². The van der Waals surface area contributed by atoms with Crippen molar-refractivity contribution in [3.8, 4) is 0 Å². The van der Waals surface area contributed by atoms with Crippen molar-refractivity contribution in [2.24, 2.45) is 11.0 Å². The van der Waals surface area contributed by atoms with Crippen LogP contribution < -0.4 is 10.7 Å². The van der Waals surface area contributed by atoms with Crippen LogP contribution in [0, 0.1) is 5.92 Å². The number of rotatable bonds is 5. The van der Waals surface area contributed by atoms with E-state index in [2.05, 4.69) is 15.8 Å². The standard InChI is InChI=1S/C16H21N3O4/c1-10-8-14(20)18-19-15(10)12-4-6-13(7-5-12)17-16(21)23-9-11(2)22-3/h4-7,10-11H,8-9H2,1-3H3,(H,17,21)(H,18,20). The lowest BCUT2D eigenvalue weighted by atomic mass is 9.94. The highest BCUT2D eigenvalue weighted by atomic mass is 16.6. The van der Waals surface area contributed by atoms with Crippen LogP contribution >= 0.6 is 0 Å². The Kier molecular flexibility index (Phi) is 5.70. The van der Waals surface area contributed by atoms with Gasteiger partial charge < -0.3 is 9.47 Å². The van der Waals surface area contributed by atoms with Crippen LogP contribution in [-0.2, 0) is 14.3 Å². The fourth-order valence-electron chi connectivity index (χ4n) is 2.14. The number of benzene rings is 1. The second-order valence-electron chi connectivity index (χ2n) is 5.48. The number of carbonyl (C=O) groups excluding carboxylic acids is 2. The van der Waals surface area contributed by atoms with E-state index in [0.29, 0.717) is 12.1 Å². The van der Waals surface area contributed by atoms with E-state index in [1.807, 2.05) is 26.0 Å². The van der Waals surface area contributed by atoms with Crippen molar-refractivity contribution in [1.29, 1.82) is 0 Å². The molecule has 0 saturated carbocycles. The number of hydrogen-bond acceptors (Lipinski definition) is 5. The fraction of sp³-hybridized carbons (Fsp3) is 0.438. The molecule has 1 aliphatic heterocycles. The fourth-order valence-corrected chi connectivity index (χ4v) is 2.14. The number of hydrogen-bond donors (Lipinski definition) is 2. The van der Waals surface area contributed by atoms with Crippen molar-refractivity contribution in [3.63, 3.8) is 0 Å². The van der Waals surface area contributed by atoms with Gasteiger partial charge in [-0.25, -0.2) is 10.2 Å². The molecule has 0 bridgehead atoms. The van der Waals surface area contributed by atoms with E-state index in [4.69, 9.17) is 9.47 Å². The summed E-state index contributed by atoms with van der Waals surface area (Å²) < 4.78 is 10.0. The van der Waals surface area contributed by atoms with E-state index in [1.54, 1.807) is 19.2 Å². The highest BCUT2D eigenvalue weighted by molar-refractivity contribution is 6.06. The van der Waals surface area contributed by atoms with E-state index in [1.165, 1.54) is 0 Å². The number of amides is 2. The predicted molar refractivity (Wildman–Crippen MR) is 86.3 cm³/mol. The Balaban J connectivity index is 1.94. The Morgan fingerprint density at radius 2 is 2.13 bits per heavy atom. The molecule has 7 nitrogen and oxygen atoms in total. The average Bonchev–Trinajstić information content (AvgIpc) is 2.53. The minimum absolute atomic E-state index is 0.0584. The molecule has 2 N–H and O–H groups in total. The van der Waals surface area contributed by atoms with Crippen molar-refractivity contribution in [3.05, 3.63) is 29.8 Å². The Hall–Kier alpha value is -2.41. The van der Waals surface area contributed by atoms with Gasteiger partial charge in [0.2, 0.25) is 5.91 Å². The van der Waals surface area contributed by atoms with Crippen molar-refractivity contribution < 1.29 is 19.1 Å². The summed E-state index contributed by atoms with van der Waals surface area (Å²) in [6.45, 7) is 3.96. The van der Waals surface area contributed by atoms with E-state index in [9.17, 15) is 9.59 Å². The topological polar surface area (TPSA) is 89.0 Å². The summed E-state index contributed by atoms with van der Waals surface area (Å²) in [5.74, 6) is -0.0179. The number of hydrazone groups is 1. The molecule has 2 rings (SSSR count). The SMILES string of the molecule is COC(C)COC(=O)Nc1ccc(C2=NNC(=O)CC2C)cc1. The normalized spacial score (nSPS) is 18.7. The maximum absolute atomic E-state index is 11.6. The lowest BCUT2D eigenvalue weighted by Crippen LogP contribution is -2.31. The van der Waals surface area contributed by atoms with E-state index in [0.717, 1.165) is 11.3 Å². The van der Waals surface area contributed by atoms with E-state index >= 15 is 0 Å². The lowest BCUT2D eigenvalue weighted by molar-refractivity contribution is -0.121. The van der Waals surface area contributed by atoms with Crippen LogP contribution in [0.1, 0.15) is 25.8 Å². The number of ether oxygens (including phenoxy) is 2. The zero-order valence-electron chi connectivity index (χ0n) is 13.5. The van der Waals surface area contributed by atoms with Gasteiger partial charge in [-0.3, -0.25) is 10.1 Å². The van der Waals surface area contributed by atoms with Crippen LogP contribution in [-0.4, -0.2) is 37.5 Å². The third-order valence-corrected chi connectivity index (χ3v) is 3.54. The zero-order valence-corrected chi connectivity index (χ0v) is 13.5. The van der Waals surface area contributed by atoms with Gasteiger partial charge in [-0.1, -0.05) is 19.1 Å². The number of nitrogens with one attached hydrogen (secondary N) is 2. The van der Waals surface area contributed by atoms with Crippen LogP contribution in [0.15, 0.2) is 29.4 Å². The number of anilines is 1. The Morgan fingerprint density at radius 3 is 2.74 bits per heavy atom. The molecule has 7 heteroatoms. The minimum Gasteiger partial charge on any atom is -0.447 e. The number of methoxy groups -OCH3 is 1. The first-order chi connectivity index (χ1) is 11.0. The average molecular weight is 319 g/mol. The molecule has 0 saturated heterocycles. The van der Waals surface area contributed by atoms with Crippen LogP contribution in [0.4, 0.5) is 10.5 Å². The molecule has 1 aromatic carbocycles. The van der Waals surface area contributed by atoms with E-state index in [-0.39, 0.29) is 24.5 Å². The molecular formula is C16H21N3O4. The highest BCUT2D eigenvalue weighted by Gasteiger charge is 2.21. The van der Waals surface area contributed by atoms with Crippen molar-refractivity contribution in [2.75, 3.05) is 19.0 Å². The van der Waals surface area contributed by atoms with Gasteiger partial charge in [-0.2, -0.15) is 5.10 Å². The number of nitrogens with zero attached hydrogens (tertiary/aromatic N) is 1. The van der Waals surface area contributed by atoms with Crippen LogP contribution in [0.3, 0.4) is 0 Å². The predicted octanol–water partition coefficient (Wildman–Crippen LogP) is 2.13. The molecule has 2 atom stereocenters. The minimum atomic E-state index is -0.530. The van der Waals surface area contributed by atoms with Gasteiger partial charge in [-0.05, 0) is 24.6 Å². The van der Waals surface area contributed by atoms with Gasteiger partial charge in [0.25, 0.3) is 0 Å². The Bertz CT molecular complexity index is 598. The van der Waals surface area contributed by atoms with Gasteiger partial charge in [0.15, 0.2) is 0 Å². The molecule has 124 valence electrons. The molecule has 2 amide bonds. The molecule has 1 aliphatic rings. The first-order valence-corrected chi connectivity index (χ1v) is 7.43. The Labute approximate surface area is 135 Å². The summed E-state index contributed by atoms with van der Waals surface area (Å²) in [6.07, 6.45) is -0.260. The monoisotopic (exact) mass is 319 g/mol. The molecule has 0 spiro atoms. The zero-order chi connectivity index (χ0) is 16.8. The molecule has 23 heavy (non-hydrogen) atoms. The molecule has 1 heterocycles. The number of carbonyl (C=O) groups is 2. The van der Waals surface area contributed by atoms with Gasteiger partial charge in [-0.15, -0.1) is 0 Å². The third-order valence-electron chi connectivity index (χ3n) is 3.54. The molecule has 0 radical (unpaired) electrons. The quantitative estimate of drug-likeness (QED) is 0.870. The summed E-state index contributed by atoms with van der Waals surface area (Å²) in [6, 6.07) is 7.23. The van der Waals surface area contributed by atoms with Crippen LogP contribution in [0.5, 0.6) is 0 Å². The molecule has 0 aliphatic carbocycles. The summed E-state index contributed by atoms with van der Waals surface area (Å²) in [5.41, 5.74) is 4.84. The largest absolute Gasteiger partial charge is 0.447 e. The molecular weight excluding hydrogens is 298 g/mol. The van der Waals surface area contributed by atoms with Gasteiger partial charge in [0, 0.05) is 25.1 Å². The molecule has 0 fully saturated rings. The summed E-state index contributed by atoms with van der Waals surface area (Å²) >= 11 is 0. The smallest absolute Gasteiger partial charge is 0.411 e. The summed E-state index contributed by atoms with van der Waals surface area (Å²) in [7, 11) is 1.56. The van der Waals surface area contributed by atoms with Crippen LogP contribution in [0.25, 0.3) is 0 Å².